The first-order valence-corrected chi connectivity index (χ1v) is 7.60. The molecule has 0 saturated heterocycles. The van der Waals surface area contributed by atoms with Gasteiger partial charge in [-0.15, -0.1) is 0 Å². The van der Waals surface area contributed by atoms with E-state index in [-0.39, 0.29) is 10.9 Å². The molecule has 1 aliphatic carbocycles. The molecule has 0 aromatic heterocycles. The van der Waals surface area contributed by atoms with Gasteiger partial charge in [-0.2, -0.15) is 11.8 Å². The van der Waals surface area contributed by atoms with Crippen molar-refractivity contribution in [3.8, 4) is 0 Å². The van der Waals surface area contributed by atoms with Crippen LogP contribution in [0.15, 0.2) is 0 Å². The second-order valence-electron chi connectivity index (χ2n) is 6.52. The van der Waals surface area contributed by atoms with Gasteiger partial charge in [-0.25, -0.2) is 0 Å². The average molecular weight is 244 g/mol. The molecule has 1 aliphatic rings. The van der Waals surface area contributed by atoms with Crippen LogP contribution < -0.4 is 0 Å². The van der Waals surface area contributed by atoms with Crippen molar-refractivity contribution in [2.45, 2.75) is 64.7 Å². The lowest BCUT2D eigenvalue weighted by atomic mass is 9.74. The maximum Gasteiger partial charge on any atom is 0.0659 e. The summed E-state index contributed by atoms with van der Waals surface area (Å²) in [5, 5.41) is 10.2. The lowest BCUT2D eigenvalue weighted by Crippen LogP contribution is -2.31. The number of hydrogen-bond acceptors (Lipinski definition) is 2. The van der Waals surface area contributed by atoms with E-state index in [2.05, 4.69) is 34.6 Å². The normalized spacial score (nSPS) is 33.8. The van der Waals surface area contributed by atoms with E-state index < -0.39 is 0 Å². The molecular formula is C14H28OS. The lowest BCUT2D eigenvalue weighted by Gasteiger charge is -2.35. The molecule has 16 heavy (non-hydrogen) atoms. The Morgan fingerprint density at radius 3 is 2.31 bits per heavy atom. The molecule has 0 aromatic carbocycles. The number of hydrogen-bond donors (Lipinski definition) is 1. The maximum absolute atomic E-state index is 10.2. The van der Waals surface area contributed by atoms with E-state index in [1.54, 1.807) is 0 Å². The highest BCUT2D eigenvalue weighted by Crippen LogP contribution is 2.36. The van der Waals surface area contributed by atoms with Gasteiger partial charge >= 0.3 is 0 Å². The third-order valence-electron chi connectivity index (χ3n) is 3.87. The monoisotopic (exact) mass is 244 g/mol. The van der Waals surface area contributed by atoms with Crippen molar-refractivity contribution in [2.75, 3.05) is 5.75 Å². The minimum Gasteiger partial charge on any atom is -0.392 e. The molecule has 0 aliphatic heterocycles. The Balaban J connectivity index is 2.34. The molecule has 4 atom stereocenters. The molecular weight excluding hydrogens is 216 g/mol. The summed E-state index contributed by atoms with van der Waals surface area (Å²) in [4.78, 5) is 0. The van der Waals surface area contributed by atoms with E-state index in [9.17, 15) is 5.11 Å². The highest BCUT2D eigenvalue weighted by atomic mass is 32.2. The largest absolute Gasteiger partial charge is 0.392 e. The van der Waals surface area contributed by atoms with Gasteiger partial charge in [-0.3, -0.25) is 0 Å². The SMILES string of the molecule is CC1CCC(C(O)CSC(C)(C)C)CC1C. The Hall–Kier alpha value is 0.310. The molecule has 0 bridgehead atoms. The first kappa shape index (κ1) is 14.4. The van der Waals surface area contributed by atoms with Crippen molar-refractivity contribution in [2.24, 2.45) is 17.8 Å². The Bertz CT molecular complexity index is 209. The third kappa shape index (κ3) is 4.67. The molecule has 0 aromatic rings. The fourth-order valence-electron chi connectivity index (χ4n) is 2.41. The maximum atomic E-state index is 10.2. The van der Waals surface area contributed by atoms with Crippen LogP contribution in [0.4, 0.5) is 0 Å². The first-order valence-electron chi connectivity index (χ1n) is 6.61. The highest BCUT2D eigenvalue weighted by molar-refractivity contribution is 8.00. The van der Waals surface area contributed by atoms with Crippen LogP contribution in [-0.2, 0) is 0 Å². The summed E-state index contributed by atoms with van der Waals surface area (Å²) in [6, 6.07) is 0. The number of aliphatic hydroxyl groups excluding tert-OH is 1. The Kier molecular flexibility index (Phi) is 5.18. The van der Waals surface area contributed by atoms with Gasteiger partial charge in [0.05, 0.1) is 6.10 Å². The van der Waals surface area contributed by atoms with Crippen molar-refractivity contribution >= 4 is 11.8 Å². The molecule has 4 unspecified atom stereocenters. The number of aliphatic hydroxyl groups is 1. The van der Waals surface area contributed by atoms with E-state index in [4.69, 9.17) is 0 Å². The average Bonchev–Trinajstić information content (AvgIpc) is 2.17. The molecule has 0 spiro atoms. The van der Waals surface area contributed by atoms with Crippen LogP contribution in [0.5, 0.6) is 0 Å². The van der Waals surface area contributed by atoms with Crippen molar-refractivity contribution in [3.05, 3.63) is 0 Å². The van der Waals surface area contributed by atoms with E-state index >= 15 is 0 Å². The quantitative estimate of drug-likeness (QED) is 0.811. The molecule has 1 rings (SSSR count). The number of rotatable bonds is 3. The molecule has 1 N–H and O–H groups in total. The summed E-state index contributed by atoms with van der Waals surface area (Å²) >= 11 is 1.89. The predicted molar refractivity (Wildman–Crippen MR) is 73.9 cm³/mol. The standard InChI is InChI=1S/C14H28OS/c1-10-6-7-12(8-11(10)2)13(15)9-16-14(3,4)5/h10-13,15H,6-9H2,1-5H3. The molecule has 1 saturated carbocycles. The van der Waals surface area contributed by atoms with Crippen LogP contribution in [0.25, 0.3) is 0 Å². The van der Waals surface area contributed by atoms with E-state index in [1.165, 1.54) is 19.3 Å². The van der Waals surface area contributed by atoms with E-state index in [0.29, 0.717) is 5.92 Å². The van der Waals surface area contributed by atoms with Crippen molar-refractivity contribution in [1.82, 2.24) is 0 Å². The van der Waals surface area contributed by atoms with Crippen LogP contribution >= 0.6 is 11.8 Å². The molecule has 96 valence electrons. The highest BCUT2D eigenvalue weighted by Gasteiger charge is 2.29. The van der Waals surface area contributed by atoms with Gasteiger partial charge in [0.15, 0.2) is 0 Å². The fraction of sp³-hybridized carbons (Fsp3) is 1.00. The Morgan fingerprint density at radius 2 is 1.81 bits per heavy atom. The van der Waals surface area contributed by atoms with Gasteiger partial charge in [-0.05, 0) is 30.6 Å². The summed E-state index contributed by atoms with van der Waals surface area (Å²) in [7, 11) is 0. The molecule has 0 radical (unpaired) electrons. The molecule has 2 heteroatoms. The molecule has 0 heterocycles. The zero-order chi connectivity index (χ0) is 12.3. The van der Waals surface area contributed by atoms with Gasteiger partial charge in [0.25, 0.3) is 0 Å². The van der Waals surface area contributed by atoms with Gasteiger partial charge in [0.2, 0.25) is 0 Å². The van der Waals surface area contributed by atoms with Crippen molar-refractivity contribution in [3.63, 3.8) is 0 Å². The van der Waals surface area contributed by atoms with Gasteiger partial charge in [0, 0.05) is 10.5 Å². The van der Waals surface area contributed by atoms with Crippen LogP contribution in [0, 0.1) is 17.8 Å². The second-order valence-corrected chi connectivity index (χ2v) is 8.37. The minimum atomic E-state index is -0.0980. The van der Waals surface area contributed by atoms with Gasteiger partial charge in [0.1, 0.15) is 0 Å². The van der Waals surface area contributed by atoms with Crippen LogP contribution in [0.3, 0.4) is 0 Å². The smallest absolute Gasteiger partial charge is 0.0659 e. The van der Waals surface area contributed by atoms with E-state index in [1.807, 2.05) is 11.8 Å². The molecule has 1 nitrogen and oxygen atoms in total. The zero-order valence-electron chi connectivity index (χ0n) is 11.5. The van der Waals surface area contributed by atoms with Gasteiger partial charge in [-0.1, -0.05) is 41.0 Å². The topological polar surface area (TPSA) is 20.2 Å². The summed E-state index contributed by atoms with van der Waals surface area (Å²) in [5.41, 5.74) is 0. The zero-order valence-corrected chi connectivity index (χ0v) is 12.3. The van der Waals surface area contributed by atoms with Crippen LogP contribution in [0.2, 0.25) is 0 Å². The number of thioether (sulfide) groups is 1. The van der Waals surface area contributed by atoms with Gasteiger partial charge < -0.3 is 5.11 Å². The first-order chi connectivity index (χ1) is 7.29. The fourth-order valence-corrected chi connectivity index (χ4v) is 3.35. The second kappa shape index (κ2) is 5.77. The Labute approximate surface area is 105 Å². The van der Waals surface area contributed by atoms with Crippen molar-refractivity contribution < 1.29 is 5.11 Å². The van der Waals surface area contributed by atoms with E-state index in [0.717, 1.165) is 17.6 Å². The summed E-state index contributed by atoms with van der Waals surface area (Å²) in [5.74, 6) is 3.07. The Morgan fingerprint density at radius 1 is 1.19 bits per heavy atom. The van der Waals surface area contributed by atoms with Crippen LogP contribution in [0.1, 0.15) is 53.9 Å². The lowest BCUT2D eigenvalue weighted by molar-refractivity contribution is 0.0728. The minimum absolute atomic E-state index is 0.0980. The van der Waals surface area contributed by atoms with Crippen molar-refractivity contribution in [1.29, 1.82) is 0 Å². The molecule has 0 amide bonds. The summed E-state index contributed by atoms with van der Waals surface area (Å²) in [6.45, 7) is 11.3. The summed E-state index contributed by atoms with van der Waals surface area (Å²) < 4.78 is 0.272. The third-order valence-corrected chi connectivity index (χ3v) is 5.24. The molecule has 1 fully saturated rings. The summed E-state index contributed by atoms with van der Waals surface area (Å²) in [6.07, 6.45) is 3.63. The predicted octanol–water partition coefficient (Wildman–Crippen LogP) is 3.95. The van der Waals surface area contributed by atoms with Crippen LogP contribution in [-0.4, -0.2) is 21.7 Å².